The van der Waals surface area contributed by atoms with Crippen molar-refractivity contribution in [1.29, 1.82) is 0 Å². The fourth-order valence-electron chi connectivity index (χ4n) is 14.5. The Labute approximate surface area is 298 Å². The molecule has 8 aliphatic rings. The van der Waals surface area contributed by atoms with E-state index in [1.807, 2.05) is 0 Å². The minimum atomic E-state index is -0.573. The van der Waals surface area contributed by atoms with Crippen LogP contribution in [0.2, 0.25) is 0 Å². The summed E-state index contributed by atoms with van der Waals surface area (Å²) in [6.45, 7) is 18.4. The maximum atomic E-state index is 13.1. The molecular weight excluding hydrogens is 634 g/mol. The van der Waals surface area contributed by atoms with Gasteiger partial charge < -0.3 is 34.9 Å². The van der Waals surface area contributed by atoms with Gasteiger partial charge in [-0.25, -0.2) is 9.59 Å². The molecule has 3 heterocycles. The lowest BCUT2D eigenvalue weighted by molar-refractivity contribution is -0.184. The van der Waals surface area contributed by atoms with Crippen LogP contribution in [0.15, 0.2) is 0 Å². The lowest BCUT2D eigenvalue weighted by Crippen LogP contribution is -2.60. The Morgan fingerprint density at radius 1 is 0.960 bits per heavy atom. The van der Waals surface area contributed by atoms with Crippen molar-refractivity contribution in [2.24, 2.45) is 56.7 Å². The number of carbonyl (C=O) groups excluding carboxylic acids is 3. The summed E-state index contributed by atoms with van der Waals surface area (Å²) in [5.41, 5.74) is -0.177. The molecule has 0 aromatic heterocycles. The van der Waals surface area contributed by atoms with Crippen molar-refractivity contribution in [3.8, 4) is 0 Å². The van der Waals surface area contributed by atoms with E-state index < -0.39 is 18.2 Å². The van der Waals surface area contributed by atoms with Gasteiger partial charge in [-0.15, -0.1) is 0 Å². The predicted octanol–water partition coefficient (Wildman–Crippen LogP) is 6.04. The summed E-state index contributed by atoms with van der Waals surface area (Å²) < 4.78 is 19.3. The summed E-state index contributed by atoms with van der Waals surface area (Å²) in [7, 11) is 0. The number of piperidine rings is 1. The second-order valence-corrected chi connectivity index (χ2v) is 19.3. The zero-order chi connectivity index (χ0) is 35.6. The number of nitrogens with zero attached hydrogens (tertiary/aromatic N) is 1. The van der Waals surface area contributed by atoms with E-state index in [4.69, 9.17) is 14.2 Å². The van der Waals surface area contributed by atoms with Gasteiger partial charge >= 0.3 is 12.2 Å². The first-order valence-electron chi connectivity index (χ1n) is 20.2. The van der Waals surface area contributed by atoms with Crippen LogP contribution in [0.25, 0.3) is 0 Å². The van der Waals surface area contributed by atoms with Crippen molar-refractivity contribution in [3.05, 3.63) is 0 Å². The number of hydrogen-bond acceptors (Lipinski definition) is 7. The molecule has 0 radical (unpaired) electrons. The molecule has 2 spiro atoms. The normalized spacial score (nSPS) is 49.1. The maximum absolute atomic E-state index is 13.1. The fraction of sp³-hybridized carbons (Fsp3) is 0.925. The quantitative estimate of drug-likeness (QED) is 0.320. The molecule has 8 fully saturated rings. The van der Waals surface area contributed by atoms with Gasteiger partial charge in [0.15, 0.2) is 0 Å². The first kappa shape index (κ1) is 35.0. The molecule has 3 amide bonds. The average molecular weight is 698 g/mol. The number of aliphatic hydroxyl groups is 1. The number of fused-ring (bicyclic) bond motifs is 4. The third-order valence-corrected chi connectivity index (χ3v) is 17.3. The Morgan fingerprint density at radius 2 is 1.68 bits per heavy atom. The summed E-state index contributed by atoms with van der Waals surface area (Å²) in [6, 6.07) is -0.522. The Balaban J connectivity index is 1.01. The summed E-state index contributed by atoms with van der Waals surface area (Å²) in [4.78, 5) is 40.1. The molecule has 0 aromatic rings. The van der Waals surface area contributed by atoms with Crippen molar-refractivity contribution in [2.75, 3.05) is 19.6 Å². The van der Waals surface area contributed by atoms with Crippen molar-refractivity contribution in [3.63, 3.8) is 0 Å². The molecule has 0 aromatic carbocycles. The summed E-state index contributed by atoms with van der Waals surface area (Å²) in [6.07, 6.45) is 8.36. The van der Waals surface area contributed by atoms with E-state index in [2.05, 4.69) is 59.1 Å². The number of alkyl carbamates (subject to hydrolysis) is 1. The van der Waals surface area contributed by atoms with Crippen LogP contribution in [0.3, 0.4) is 0 Å². The van der Waals surface area contributed by atoms with E-state index in [1.54, 1.807) is 4.90 Å². The highest BCUT2D eigenvalue weighted by atomic mass is 16.6. The second-order valence-electron chi connectivity index (χ2n) is 19.3. The van der Waals surface area contributed by atoms with Gasteiger partial charge in [0.2, 0.25) is 5.91 Å². The lowest BCUT2D eigenvalue weighted by atomic mass is 9.41. The second kappa shape index (κ2) is 11.7. The molecule has 14 unspecified atom stereocenters. The zero-order valence-corrected chi connectivity index (χ0v) is 31.6. The van der Waals surface area contributed by atoms with E-state index in [0.29, 0.717) is 30.7 Å². The summed E-state index contributed by atoms with van der Waals surface area (Å²) in [5, 5.41) is 18.3. The first-order chi connectivity index (χ1) is 23.6. The van der Waals surface area contributed by atoms with Crippen LogP contribution in [0.5, 0.6) is 0 Å². The molecule has 5 aliphatic carbocycles. The van der Waals surface area contributed by atoms with Crippen LogP contribution in [0.4, 0.5) is 9.59 Å². The van der Waals surface area contributed by atoms with Crippen molar-refractivity contribution in [2.45, 2.75) is 156 Å². The largest absolute Gasteiger partial charge is 0.446 e. The van der Waals surface area contributed by atoms with E-state index in [0.717, 1.165) is 70.9 Å². The van der Waals surface area contributed by atoms with Gasteiger partial charge in [-0.05, 0) is 116 Å². The molecule has 3 saturated heterocycles. The molecule has 0 bridgehead atoms. The number of nitrogens with one attached hydrogen (secondary N) is 2. The predicted molar refractivity (Wildman–Crippen MR) is 187 cm³/mol. The van der Waals surface area contributed by atoms with E-state index in [-0.39, 0.29) is 75.3 Å². The number of hydrogen-bond donors (Lipinski definition) is 3. The third-order valence-electron chi connectivity index (χ3n) is 17.3. The number of amides is 3. The molecule has 3 N–H and O–H groups in total. The van der Waals surface area contributed by atoms with Crippen LogP contribution in [0, 0.1) is 56.7 Å². The first-order valence-corrected chi connectivity index (χ1v) is 20.2. The molecule has 5 saturated carbocycles. The Hall–Kier alpha value is -2.07. The molecule has 8 rings (SSSR count). The molecule has 50 heavy (non-hydrogen) atoms. The topological polar surface area (TPSA) is 126 Å². The molecule has 14 atom stereocenters. The number of carbonyl (C=O) groups is 3. The number of ether oxygens (including phenoxy) is 3. The van der Waals surface area contributed by atoms with Gasteiger partial charge in [0.05, 0.1) is 18.3 Å². The van der Waals surface area contributed by atoms with Crippen LogP contribution >= 0.6 is 0 Å². The average Bonchev–Trinajstić information content (AvgIpc) is 3.52. The Kier molecular flexibility index (Phi) is 8.20. The zero-order valence-electron chi connectivity index (χ0n) is 31.6. The third kappa shape index (κ3) is 4.48. The van der Waals surface area contributed by atoms with E-state index in [1.165, 1.54) is 6.42 Å². The van der Waals surface area contributed by atoms with Crippen molar-refractivity contribution < 1.29 is 33.7 Å². The molecule has 280 valence electrons. The molecule has 10 heteroatoms. The van der Waals surface area contributed by atoms with Crippen LogP contribution in [-0.2, 0) is 19.0 Å². The van der Waals surface area contributed by atoms with Gasteiger partial charge in [0, 0.05) is 30.5 Å². The summed E-state index contributed by atoms with van der Waals surface area (Å²) >= 11 is 0. The van der Waals surface area contributed by atoms with E-state index >= 15 is 0 Å². The standard InChI is InChI=1S/C40H63N3O7/c1-22(2)30(50-35(47)43-20-9-21-43)26-12-11-24-31(48-26)32(44)38(7)28-14-13-27-36(4,5)29(49-34(46)42-25-10-8-19-41-33(25)45)15-16-39(27)23(3)40(28,39)18-17-37(24,38)6/h22-32,44H,8-21H2,1-7H3,(H,41,45)(H,42,46). The van der Waals surface area contributed by atoms with Gasteiger partial charge in [-0.1, -0.05) is 48.5 Å². The smallest absolute Gasteiger partial charge is 0.410 e. The molecule has 10 nitrogen and oxygen atoms in total. The fourth-order valence-corrected chi connectivity index (χ4v) is 14.5. The van der Waals surface area contributed by atoms with Gasteiger partial charge in [0.1, 0.15) is 18.2 Å². The maximum Gasteiger partial charge on any atom is 0.410 e. The highest BCUT2D eigenvalue weighted by molar-refractivity contribution is 5.86. The molecule has 3 aliphatic heterocycles. The lowest BCUT2D eigenvalue weighted by Gasteiger charge is -2.63. The Bertz CT molecular complexity index is 1400. The highest BCUT2D eigenvalue weighted by Gasteiger charge is 2.87. The van der Waals surface area contributed by atoms with Crippen LogP contribution < -0.4 is 10.6 Å². The van der Waals surface area contributed by atoms with Crippen LogP contribution in [-0.4, -0.2) is 84.3 Å². The minimum absolute atomic E-state index is 0.0325. The van der Waals surface area contributed by atoms with Crippen LogP contribution in [0.1, 0.15) is 119 Å². The SMILES string of the molecule is CC(C)C(OC(=O)N1CCC1)C1CCC2C(O1)C(O)C1(C)C3CCC4C(C)(C)C(OC(=O)NC5CCCNC5=O)CCC45C(C)C35CCC21C. The number of rotatable bonds is 5. The molecular formula is C40H63N3O7. The van der Waals surface area contributed by atoms with Gasteiger partial charge in [0.25, 0.3) is 0 Å². The highest BCUT2D eigenvalue weighted by Crippen LogP contribution is 2.91. The summed E-state index contributed by atoms with van der Waals surface area (Å²) in [5.74, 6) is 1.65. The number of likely N-dealkylation sites (tertiary alicyclic amines) is 1. The Morgan fingerprint density at radius 3 is 2.36 bits per heavy atom. The van der Waals surface area contributed by atoms with Gasteiger partial charge in [-0.3, -0.25) is 4.79 Å². The van der Waals surface area contributed by atoms with Gasteiger partial charge in [-0.2, -0.15) is 0 Å². The van der Waals surface area contributed by atoms with Crippen molar-refractivity contribution in [1.82, 2.24) is 15.5 Å². The monoisotopic (exact) mass is 697 g/mol. The van der Waals surface area contributed by atoms with E-state index in [9.17, 15) is 19.5 Å². The number of aliphatic hydroxyl groups excluding tert-OH is 1. The minimum Gasteiger partial charge on any atom is -0.446 e. The van der Waals surface area contributed by atoms with Crippen molar-refractivity contribution >= 4 is 18.1 Å².